The Kier molecular flexibility index (Phi) is 14.1. The summed E-state index contributed by atoms with van der Waals surface area (Å²) in [5.74, 6) is -4.83. The number of nitrogens with two attached hydrogens (primary N) is 1. The first-order valence-electron chi connectivity index (χ1n) is 16.1. The van der Waals surface area contributed by atoms with E-state index in [4.69, 9.17) is 5.73 Å². The summed E-state index contributed by atoms with van der Waals surface area (Å²) in [4.78, 5) is 86.4. The number of aliphatic hydroxyl groups is 1. The number of aliphatic carboxylic acids is 1. The molecule has 2 aromatic rings. The minimum absolute atomic E-state index is 0.0119. The highest BCUT2D eigenvalue weighted by atomic mass is 16.4. The maximum Gasteiger partial charge on any atom is 0.326 e. The van der Waals surface area contributed by atoms with Gasteiger partial charge in [-0.1, -0.05) is 26.0 Å². The number of rotatable bonds is 17. The monoisotopic (exact) mass is 686 g/mol. The van der Waals surface area contributed by atoms with Crippen LogP contribution in [0.15, 0.2) is 36.8 Å². The normalized spacial score (nSPS) is 17.3. The second kappa shape index (κ2) is 17.9. The smallest absolute Gasteiger partial charge is 0.326 e. The molecule has 268 valence electrons. The molecular weight excluding hydrogens is 640 g/mol. The molecule has 1 aromatic heterocycles. The first kappa shape index (κ1) is 38.4. The molecule has 1 aliphatic heterocycles. The van der Waals surface area contributed by atoms with E-state index in [-0.39, 0.29) is 43.9 Å². The van der Waals surface area contributed by atoms with Gasteiger partial charge in [0.25, 0.3) is 0 Å². The number of likely N-dealkylation sites (tertiary alicyclic amines) is 1. The van der Waals surface area contributed by atoms with Crippen molar-refractivity contribution in [1.82, 2.24) is 36.1 Å². The van der Waals surface area contributed by atoms with E-state index in [9.17, 15) is 44.1 Å². The number of carboxylic acids is 1. The lowest BCUT2D eigenvalue weighted by atomic mass is 10.0. The average Bonchev–Trinajstić information content (AvgIpc) is 3.75. The summed E-state index contributed by atoms with van der Waals surface area (Å²) >= 11 is 0. The molecule has 0 bridgehead atoms. The van der Waals surface area contributed by atoms with Crippen LogP contribution in [0, 0.1) is 5.92 Å². The van der Waals surface area contributed by atoms with Crippen LogP contribution in [0.4, 0.5) is 0 Å². The van der Waals surface area contributed by atoms with Gasteiger partial charge in [0, 0.05) is 31.3 Å². The highest BCUT2D eigenvalue weighted by molar-refractivity contribution is 5.96. The Labute approximate surface area is 283 Å². The van der Waals surface area contributed by atoms with Gasteiger partial charge >= 0.3 is 5.97 Å². The summed E-state index contributed by atoms with van der Waals surface area (Å²) in [6, 6.07) is -1.12. The lowest BCUT2D eigenvalue weighted by Crippen LogP contribution is -2.60. The number of aliphatic hydroxyl groups excluding tert-OH is 1. The van der Waals surface area contributed by atoms with Crippen molar-refractivity contribution in [2.24, 2.45) is 11.7 Å². The number of imidazole rings is 1. The van der Waals surface area contributed by atoms with Gasteiger partial charge in [0.2, 0.25) is 29.5 Å². The van der Waals surface area contributed by atoms with Crippen molar-refractivity contribution in [1.29, 1.82) is 0 Å². The van der Waals surface area contributed by atoms with Crippen LogP contribution in [0.5, 0.6) is 5.75 Å². The van der Waals surface area contributed by atoms with E-state index in [1.165, 1.54) is 36.5 Å². The molecule has 17 heteroatoms. The zero-order chi connectivity index (χ0) is 36.2. The van der Waals surface area contributed by atoms with E-state index in [0.717, 1.165) is 0 Å². The summed E-state index contributed by atoms with van der Waals surface area (Å²) in [6.45, 7) is 4.52. The van der Waals surface area contributed by atoms with Gasteiger partial charge in [0.05, 0.1) is 19.0 Å². The summed E-state index contributed by atoms with van der Waals surface area (Å²) in [7, 11) is 0. The maximum atomic E-state index is 14.0. The highest BCUT2D eigenvalue weighted by Gasteiger charge is 2.40. The van der Waals surface area contributed by atoms with Crippen LogP contribution in [-0.4, -0.2) is 115 Å². The zero-order valence-corrected chi connectivity index (χ0v) is 27.7. The van der Waals surface area contributed by atoms with Gasteiger partial charge in [0.1, 0.15) is 36.0 Å². The number of carbonyl (C=O) groups excluding carboxylic acids is 5. The van der Waals surface area contributed by atoms with Crippen molar-refractivity contribution in [2.45, 2.75) is 89.1 Å². The van der Waals surface area contributed by atoms with E-state index in [1.807, 2.05) is 13.8 Å². The van der Waals surface area contributed by atoms with E-state index in [2.05, 4.69) is 31.2 Å². The molecule has 3 rings (SSSR count). The van der Waals surface area contributed by atoms with Crippen LogP contribution >= 0.6 is 0 Å². The van der Waals surface area contributed by atoms with Crippen LogP contribution < -0.4 is 27.0 Å². The molecule has 0 aliphatic carbocycles. The third-order valence-electron chi connectivity index (χ3n) is 7.99. The quantitative estimate of drug-likeness (QED) is 0.0905. The Morgan fingerprint density at radius 2 is 1.55 bits per heavy atom. The number of hydrogen-bond acceptors (Lipinski definition) is 10. The summed E-state index contributed by atoms with van der Waals surface area (Å²) in [6.07, 6.45) is 3.63. The summed E-state index contributed by atoms with van der Waals surface area (Å²) < 4.78 is 0. The molecule has 0 saturated carbocycles. The number of amides is 5. The molecule has 1 aliphatic rings. The predicted molar refractivity (Wildman–Crippen MR) is 174 cm³/mol. The maximum absolute atomic E-state index is 14.0. The number of benzene rings is 1. The number of nitrogens with zero attached hydrogens (tertiary/aromatic N) is 2. The van der Waals surface area contributed by atoms with Gasteiger partial charge in [-0.3, -0.25) is 24.0 Å². The fourth-order valence-electron chi connectivity index (χ4n) is 5.40. The van der Waals surface area contributed by atoms with Gasteiger partial charge < -0.3 is 52.2 Å². The minimum atomic E-state index is -1.41. The van der Waals surface area contributed by atoms with Gasteiger partial charge in [-0.25, -0.2) is 9.78 Å². The molecule has 1 fully saturated rings. The number of phenols is 1. The minimum Gasteiger partial charge on any atom is -0.508 e. The SMILES string of the molecule is CC(C)C[C@H](NC(=O)[C@H](Cc1cnc[nH]1)NC(=O)[C@H](CO)NC(=O)[C@H](C)N)C(=O)N1CCC[C@H]1C(=O)N[C@@H](Cc1ccc(O)cc1)C(=O)O. The molecule has 1 aromatic carbocycles. The summed E-state index contributed by atoms with van der Waals surface area (Å²) in [5, 5.41) is 39.2. The molecule has 0 radical (unpaired) electrons. The average molecular weight is 687 g/mol. The van der Waals surface area contributed by atoms with Crippen molar-refractivity contribution in [3.05, 3.63) is 48.0 Å². The van der Waals surface area contributed by atoms with Crippen molar-refractivity contribution in [3.8, 4) is 5.75 Å². The van der Waals surface area contributed by atoms with E-state index in [1.54, 1.807) is 12.1 Å². The molecule has 0 unspecified atom stereocenters. The second-order valence-corrected chi connectivity index (χ2v) is 12.5. The van der Waals surface area contributed by atoms with Crippen LogP contribution in [-0.2, 0) is 41.6 Å². The number of nitrogens with one attached hydrogen (secondary N) is 5. The molecule has 2 heterocycles. The Balaban J connectivity index is 1.77. The van der Waals surface area contributed by atoms with E-state index < -0.39 is 78.4 Å². The molecule has 49 heavy (non-hydrogen) atoms. The highest BCUT2D eigenvalue weighted by Crippen LogP contribution is 2.21. The van der Waals surface area contributed by atoms with Gasteiger partial charge in [-0.15, -0.1) is 0 Å². The van der Waals surface area contributed by atoms with Gasteiger partial charge in [-0.2, -0.15) is 0 Å². The Hall–Kier alpha value is -5.03. The van der Waals surface area contributed by atoms with Crippen LogP contribution in [0.3, 0.4) is 0 Å². The molecular formula is C32H46N8O9. The second-order valence-electron chi connectivity index (χ2n) is 12.5. The number of carbonyl (C=O) groups is 6. The van der Waals surface area contributed by atoms with E-state index >= 15 is 0 Å². The van der Waals surface area contributed by atoms with Gasteiger partial charge in [-0.05, 0) is 49.8 Å². The van der Waals surface area contributed by atoms with Crippen molar-refractivity contribution >= 4 is 35.5 Å². The van der Waals surface area contributed by atoms with Crippen molar-refractivity contribution in [3.63, 3.8) is 0 Å². The van der Waals surface area contributed by atoms with Crippen molar-refractivity contribution < 1.29 is 44.1 Å². The lowest BCUT2D eigenvalue weighted by molar-refractivity contribution is -0.145. The Morgan fingerprint density at radius 3 is 2.12 bits per heavy atom. The number of aromatic nitrogens is 2. The van der Waals surface area contributed by atoms with Crippen LogP contribution in [0.2, 0.25) is 0 Å². The number of phenolic OH excluding ortho intramolecular Hbond substituents is 1. The molecule has 10 N–H and O–H groups in total. The van der Waals surface area contributed by atoms with Crippen LogP contribution in [0.25, 0.3) is 0 Å². The number of hydrogen-bond donors (Lipinski definition) is 9. The molecule has 6 atom stereocenters. The number of aromatic hydroxyl groups is 1. The van der Waals surface area contributed by atoms with Gasteiger partial charge in [0.15, 0.2) is 0 Å². The van der Waals surface area contributed by atoms with E-state index in [0.29, 0.717) is 17.7 Å². The molecule has 0 spiro atoms. The molecule has 1 saturated heterocycles. The van der Waals surface area contributed by atoms with Crippen LogP contribution in [0.1, 0.15) is 51.3 Å². The number of H-pyrrole nitrogens is 1. The largest absolute Gasteiger partial charge is 0.508 e. The fourth-order valence-corrected chi connectivity index (χ4v) is 5.40. The lowest BCUT2D eigenvalue weighted by Gasteiger charge is -2.31. The first-order chi connectivity index (χ1) is 23.2. The standard InChI is InChI=1S/C32H46N8O9/c1-17(2)11-23(37-28(44)22(13-20-14-34-16-35-20)36-29(45)25(15-41)39-27(43)18(3)33)31(47)40-10-4-5-26(40)30(46)38-24(32(48)49)12-19-6-8-21(42)9-7-19/h6-9,14,16-18,22-26,41-42H,4-5,10-13,15,33H2,1-3H3,(H,34,35)(H,36,45)(H,37,44)(H,38,46)(H,39,43)(H,48,49)/t18-,22-,23-,24-,25-,26-/m0/s1. The Bertz CT molecular complexity index is 1450. The topological polar surface area (TPSA) is 269 Å². The fraction of sp³-hybridized carbons (Fsp3) is 0.531. The number of carboxylic acid groups (broad SMARTS) is 1. The zero-order valence-electron chi connectivity index (χ0n) is 27.7. The third-order valence-corrected chi connectivity index (χ3v) is 7.99. The number of aromatic amines is 1. The molecule has 17 nitrogen and oxygen atoms in total. The summed E-state index contributed by atoms with van der Waals surface area (Å²) in [5.41, 5.74) is 6.61. The first-order valence-corrected chi connectivity index (χ1v) is 16.1. The predicted octanol–water partition coefficient (Wildman–Crippen LogP) is -1.70. The van der Waals surface area contributed by atoms with Crippen molar-refractivity contribution in [2.75, 3.05) is 13.2 Å². The molecule has 5 amide bonds. The third kappa shape index (κ3) is 11.3. The Morgan fingerprint density at radius 1 is 0.918 bits per heavy atom.